The van der Waals surface area contributed by atoms with Gasteiger partial charge in [0.05, 0.1) is 0 Å². The van der Waals surface area contributed by atoms with Crippen LogP contribution in [0.25, 0.3) is 0 Å². The molecule has 0 atom stereocenters. The fraction of sp³-hybridized carbons (Fsp3) is 0.900. The van der Waals surface area contributed by atoms with E-state index < -0.39 is 0 Å². The molecular weight excluding hydrogens is 286 g/mol. The molecule has 1 aliphatic heterocycles. The maximum atomic E-state index is 11.2. The Morgan fingerprint density at radius 2 is 1.39 bits per heavy atom. The van der Waals surface area contributed by atoms with Gasteiger partial charge < -0.3 is 14.5 Å². The first-order chi connectivity index (χ1) is 10.5. The number of carbonyl (C=O) groups is 2. The number of rotatable bonds is 4. The Hall–Kier alpha value is -0.700. The van der Waals surface area contributed by atoms with E-state index >= 15 is 0 Å². The van der Waals surface area contributed by atoms with Gasteiger partial charge in [-0.15, -0.1) is 0 Å². The number of hydrogen-bond acceptors (Lipinski definition) is 3. The Bertz CT molecular complexity index is 314. The van der Waals surface area contributed by atoms with Crippen LogP contribution in [-0.2, 0) is 9.59 Å². The minimum absolute atomic E-state index is 0.107. The summed E-state index contributed by atoms with van der Waals surface area (Å²) in [7, 11) is 2.17. The van der Waals surface area contributed by atoms with Crippen molar-refractivity contribution in [2.75, 3.05) is 20.1 Å². The van der Waals surface area contributed by atoms with Gasteiger partial charge in [-0.3, -0.25) is 0 Å². The predicted octanol–water partition coefficient (Wildman–Crippen LogP) is 4.84. The van der Waals surface area contributed by atoms with Crippen molar-refractivity contribution in [2.45, 2.75) is 74.7 Å². The third-order valence-corrected chi connectivity index (χ3v) is 4.97. The molecule has 1 saturated heterocycles. The van der Waals surface area contributed by atoms with E-state index in [4.69, 9.17) is 0 Å². The third-order valence-electron chi connectivity index (χ3n) is 4.97. The SMILES string of the molecule is CC(C)C=O.CCC.CN1CCC(C(C)(C)C(C)(C)C=O)CC1. The lowest BCUT2D eigenvalue weighted by Gasteiger charge is -2.46. The van der Waals surface area contributed by atoms with Crippen molar-refractivity contribution in [3.05, 3.63) is 0 Å². The van der Waals surface area contributed by atoms with Crippen LogP contribution in [-0.4, -0.2) is 37.6 Å². The van der Waals surface area contributed by atoms with Gasteiger partial charge in [0.15, 0.2) is 0 Å². The number of aldehydes is 2. The second-order valence-electron chi connectivity index (χ2n) is 8.23. The highest BCUT2D eigenvalue weighted by Crippen LogP contribution is 2.46. The Morgan fingerprint density at radius 1 is 1.04 bits per heavy atom. The van der Waals surface area contributed by atoms with Gasteiger partial charge in [0.1, 0.15) is 12.6 Å². The number of piperidine rings is 1. The number of hydrogen-bond donors (Lipinski definition) is 0. The molecule has 0 unspecified atom stereocenters. The number of likely N-dealkylation sites (tertiary alicyclic amines) is 1. The zero-order chi connectivity index (χ0) is 18.7. The molecule has 0 radical (unpaired) electrons. The second kappa shape index (κ2) is 11.8. The highest BCUT2D eigenvalue weighted by atomic mass is 16.1. The lowest BCUT2D eigenvalue weighted by atomic mass is 9.59. The van der Waals surface area contributed by atoms with Gasteiger partial charge in [0.25, 0.3) is 0 Å². The van der Waals surface area contributed by atoms with Gasteiger partial charge in [-0.25, -0.2) is 0 Å². The summed E-state index contributed by atoms with van der Waals surface area (Å²) in [6.45, 7) is 18.9. The Labute approximate surface area is 145 Å². The molecule has 0 spiro atoms. The standard InChI is InChI=1S/C13H25NO.C4H8O.C3H8/c1-12(2,10-15)13(3,4)11-6-8-14(5)9-7-11;1-4(2)3-5;1-3-2/h10-11H,6-9H2,1-5H3;3-4H,1-2H3;3H2,1-2H3. The topological polar surface area (TPSA) is 37.4 Å². The molecular formula is C20H41NO2. The van der Waals surface area contributed by atoms with Crippen molar-refractivity contribution in [3.63, 3.8) is 0 Å². The van der Waals surface area contributed by atoms with Gasteiger partial charge in [0, 0.05) is 11.3 Å². The molecule has 0 aromatic heterocycles. The van der Waals surface area contributed by atoms with E-state index in [2.05, 4.69) is 53.5 Å². The summed E-state index contributed by atoms with van der Waals surface area (Å²) in [5, 5.41) is 0. The molecule has 0 amide bonds. The molecule has 0 N–H and O–H groups in total. The minimum atomic E-state index is -0.215. The molecule has 1 heterocycles. The van der Waals surface area contributed by atoms with Crippen molar-refractivity contribution in [1.29, 1.82) is 0 Å². The molecule has 0 aromatic rings. The van der Waals surface area contributed by atoms with Gasteiger partial charge in [-0.05, 0) is 44.3 Å². The fourth-order valence-corrected chi connectivity index (χ4v) is 2.41. The van der Waals surface area contributed by atoms with E-state index in [9.17, 15) is 9.59 Å². The molecule has 1 rings (SSSR count). The van der Waals surface area contributed by atoms with E-state index in [-0.39, 0.29) is 16.7 Å². The quantitative estimate of drug-likeness (QED) is 0.694. The molecule has 0 saturated carbocycles. The summed E-state index contributed by atoms with van der Waals surface area (Å²) in [5.74, 6) is 0.879. The average molecular weight is 328 g/mol. The third kappa shape index (κ3) is 9.24. The molecule has 3 nitrogen and oxygen atoms in total. The molecule has 1 fully saturated rings. The summed E-state index contributed by atoms with van der Waals surface area (Å²) in [6, 6.07) is 0. The van der Waals surface area contributed by atoms with Crippen LogP contribution < -0.4 is 0 Å². The Kier molecular flexibility index (Phi) is 12.6. The minimum Gasteiger partial charge on any atom is -0.306 e. The van der Waals surface area contributed by atoms with Gasteiger partial charge in [-0.1, -0.05) is 61.8 Å². The molecule has 23 heavy (non-hydrogen) atoms. The smallest absolute Gasteiger partial charge is 0.126 e. The van der Waals surface area contributed by atoms with Crippen molar-refractivity contribution >= 4 is 12.6 Å². The zero-order valence-corrected chi connectivity index (χ0v) is 17.1. The average Bonchev–Trinajstić information content (AvgIpc) is 2.49. The van der Waals surface area contributed by atoms with Crippen LogP contribution in [0.1, 0.15) is 74.7 Å². The molecule has 0 bridgehead atoms. The molecule has 3 heteroatoms. The first kappa shape index (κ1) is 24.6. The number of carbonyl (C=O) groups excluding carboxylic acids is 2. The summed E-state index contributed by atoms with van der Waals surface area (Å²) in [6.07, 6.45) is 5.74. The van der Waals surface area contributed by atoms with Crippen LogP contribution in [0.15, 0.2) is 0 Å². The Balaban J connectivity index is 0. The molecule has 0 aromatic carbocycles. The summed E-state index contributed by atoms with van der Waals surface area (Å²) in [5.41, 5.74) is -0.108. The summed E-state index contributed by atoms with van der Waals surface area (Å²) >= 11 is 0. The van der Waals surface area contributed by atoms with Gasteiger partial charge in [-0.2, -0.15) is 0 Å². The van der Waals surface area contributed by atoms with Gasteiger partial charge in [0.2, 0.25) is 0 Å². The molecule has 1 aliphatic rings. The van der Waals surface area contributed by atoms with Crippen molar-refractivity contribution in [3.8, 4) is 0 Å². The zero-order valence-electron chi connectivity index (χ0n) is 17.1. The fourth-order valence-electron chi connectivity index (χ4n) is 2.41. The highest BCUT2D eigenvalue weighted by molar-refractivity contribution is 5.59. The summed E-state index contributed by atoms with van der Waals surface area (Å²) < 4.78 is 0. The Morgan fingerprint density at radius 3 is 1.65 bits per heavy atom. The predicted molar refractivity (Wildman–Crippen MR) is 101 cm³/mol. The van der Waals surface area contributed by atoms with Crippen LogP contribution in [0.4, 0.5) is 0 Å². The maximum Gasteiger partial charge on any atom is 0.126 e. The lowest BCUT2D eigenvalue weighted by molar-refractivity contribution is -0.123. The normalized spacial score (nSPS) is 16.8. The number of nitrogens with zero attached hydrogens (tertiary/aromatic N) is 1. The highest BCUT2D eigenvalue weighted by Gasteiger charge is 2.43. The van der Waals surface area contributed by atoms with E-state index in [1.54, 1.807) is 0 Å². The van der Waals surface area contributed by atoms with E-state index in [0.29, 0.717) is 5.92 Å². The van der Waals surface area contributed by atoms with Crippen molar-refractivity contribution < 1.29 is 9.59 Å². The first-order valence-electron chi connectivity index (χ1n) is 9.10. The van der Waals surface area contributed by atoms with Crippen LogP contribution in [0, 0.1) is 22.7 Å². The largest absolute Gasteiger partial charge is 0.306 e. The molecule has 0 aliphatic carbocycles. The second-order valence-corrected chi connectivity index (χ2v) is 8.23. The summed E-state index contributed by atoms with van der Waals surface area (Å²) in [4.78, 5) is 23.0. The monoisotopic (exact) mass is 327 g/mol. The van der Waals surface area contributed by atoms with Crippen LogP contribution in [0.5, 0.6) is 0 Å². The van der Waals surface area contributed by atoms with E-state index in [1.165, 1.54) is 32.4 Å². The maximum absolute atomic E-state index is 11.2. The first-order valence-corrected chi connectivity index (χ1v) is 9.10. The van der Waals surface area contributed by atoms with Crippen LogP contribution in [0.3, 0.4) is 0 Å². The van der Waals surface area contributed by atoms with E-state index in [1.807, 2.05) is 13.8 Å². The van der Waals surface area contributed by atoms with Crippen molar-refractivity contribution in [1.82, 2.24) is 4.90 Å². The van der Waals surface area contributed by atoms with Crippen molar-refractivity contribution in [2.24, 2.45) is 22.7 Å². The van der Waals surface area contributed by atoms with Gasteiger partial charge >= 0.3 is 0 Å². The van der Waals surface area contributed by atoms with Crippen LogP contribution in [0.2, 0.25) is 0 Å². The lowest BCUT2D eigenvalue weighted by Crippen LogP contribution is -2.45. The van der Waals surface area contributed by atoms with E-state index in [0.717, 1.165) is 12.6 Å². The van der Waals surface area contributed by atoms with Crippen LogP contribution >= 0.6 is 0 Å². The molecule has 138 valence electrons.